The average Bonchev–Trinajstić information content (AvgIpc) is 3.23. The number of ether oxygens (including phenoxy) is 3. The van der Waals surface area contributed by atoms with Gasteiger partial charge in [0.25, 0.3) is 5.91 Å². The van der Waals surface area contributed by atoms with Crippen molar-refractivity contribution in [2.75, 3.05) is 34.4 Å². The van der Waals surface area contributed by atoms with Gasteiger partial charge in [-0.2, -0.15) is 0 Å². The second-order valence-corrected chi connectivity index (χ2v) is 8.41. The van der Waals surface area contributed by atoms with E-state index in [-0.39, 0.29) is 23.8 Å². The van der Waals surface area contributed by atoms with E-state index < -0.39 is 5.92 Å². The molecular formula is C25H32N2O5. The number of carbonyl (C=O) groups excluding carboxylic acids is 2. The minimum Gasteiger partial charge on any atom is -0.493 e. The minimum atomic E-state index is -0.394. The highest BCUT2D eigenvalue weighted by Crippen LogP contribution is 2.43. The van der Waals surface area contributed by atoms with Crippen LogP contribution in [-0.2, 0) is 4.79 Å². The lowest BCUT2D eigenvalue weighted by Crippen LogP contribution is -2.39. The summed E-state index contributed by atoms with van der Waals surface area (Å²) in [4.78, 5) is 28.0. The van der Waals surface area contributed by atoms with Crippen LogP contribution in [0.25, 0.3) is 0 Å². The number of nitrogens with one attached hydrogen (secondary N) is 1. The molecule has 7 heteroatoms. The first-order valence-corrected chi connectivity index (χ1v) is 10.7. The van der Waals surface area contributed by atoms with Crippen molar-refractivity contribution in [2.24, 2.45) is 5.92 Å². The molecule has 0 spiro atoms. The molecule has 1 N–H and O–H groups in total. The number of aryl methyl sites for hydroxylation is 1. The second kappa shape index (κ2) is 9.94. The monoisotopic (exact) mass is 440 g/mol. The molecule has 1 aliphatic heterocycles. The molecule has 172 valence electrons. The van der Waals surface area contributed by atoms with Crippen LogP contribution >= 0.6 is 0 Å². The molecule has 2 aromatic carbocycles. The zero-order valence-corrected chi connectivity index (χ0v) is 19.6. The highest BCUT2D eigenvalue weighted by Gasteiger charge is 2.41. The van der Waals surface area contributed by atoms with Crippen LogP contribution < -0.4 is 19.5 Å². The quantitative estimate of drug-likeness (QED) is 0.714. The number of hydrogen-bond acceptors (Lipinski definition) is 5. The summed E-state index contributed by atoms with van der Waals surface area (Å²) in [5.74, 6) is 0.778. The summed E-state index contributed by atoms with van der Waals surface area (Å²) >= 11 is 0. The number of methoxy groups -OCH3 is 3. The molecule has 1 saturated heterocycles. The van der Waals surface area contributed by atoms with Crippen LogP contribution in [0.5, 0.6) is 17.2 Å². The van der Waals surface area contributed by atoms with Gasteiger partial charge in [0, 0.05) is 30.6 Å². The first-order valence-electron chi connectivity index (χ1n) is 10.7. The number of carbonyl (C=O) groups is 2. The molecule has 1 aliphatic rings. The van der Waals surface area contributed by atoms with Crippen molar-refractivity contribution in [2.45, 2.75) is 32.7 Å². The largest absolute Gasteiger partial charge is 0.493 e. The Morgan fingerprint density at radius 1 is 0.969 bits per heavy atom. The first kappa shape index (κ1) is 23.4. The number of hydrogen-bond donors (Lipinski definition) is 1. The van der Waals surface area contributed by atoms with Crippen LogP contribution in [0.3, 0.4) is 0 Å². The lowest BCUT2D eigenvalue weighted by molar-refractivity contribution is -0.125. The Balaban J connectivity index is 1.98. The third-order valence-electron chi connectivity index (χ3n) is 5.79. The molecule has 1 heterocycles. The Kier molecular flexibility index (Phi) is 7.28. The van der Waals surface area contributed by atoms with Gasteiger partial charge in [-0.15, -0.1) is 0 Å². The molecule has 0 unspecified atom stereocenters. The van der Waals surface area contributed by atoms with Crippen LogP contribution in [0.1, 0.15) is 41.3 Å². The predicted molar refractivity (Wildman–Crippen MR) is 123 cm³/mol. The lowest BCUT2D eigenvalue weighted by atomic mass is 9.87. The van der Waals surface area contributed by atoms with Gasteiger partial charge in [-0.1, -0.05) is 17.7 Å². The zero-order valence-electron chi connectivity index (χ0n) is 19.6. The maximum absolute atomic E-state index is 13.2. The summed E-state index contributed by atoms with van der Waals surface area (Å²) in [5, 5.41) is 3.01. The van der Waals surface area contributed by atoms with E-state index >= 15 is 0 Å². The molecule has 2 atom stereocenters. The number of nitrogens with zero attached hydrogens (tertiary/aromatic N) is 1. The molecule has 0 aromatic heterocycles. The van der Waals surface area contributed by atoms with Crippen LogP contribution in [0.4, 0.5) is 0 Å². The summed E-state index contributed by atoms with van der Waals surface area (Å²) in [5.41, 5.74) is 2.57. The van der Waals surface area contributed by atoms with E-state index in [0.717, 1.165) is 11.1 Å². The molecule has 2 amide bonds. The van der Waals surface area contributed by atoms with E-state index in [1.54, 1.807) is 26.2 Å². The standard InChI is InChI=1S/C25H32N2O5/c1-15(2)26-24(28)20-14-27(25(29)17-9-7-16(3)8-10-17)13-19(20)18-11-21(30-4)23(32-6)22(12-18)31-5/h7-12,15,19-20H,13-14H2,1-6H3,(H,26,28)/t19-,20+/m0/s1. The fraction of sp³-hybridized carbons (Fsp3) is 0.440. The van der Waals surface area contributed by atoms with Crippen molar-refractivity contribution in [1.82, 2.24) is 10.2 Å². The highest BCUT2D eigenvalue weighted by atomic mass is 16.5. The van der Waals surface area contributed by atoms with Gasteiger partial charge in [-0.05, 0) is 50.6 Å². The molecule has 32 heavy (non-hydrogen) atoms. The maximum Gasteiger partial charge on any atom is 0.253 e. The van der Waals surface area contributed by atoms with E-state index in [0.29, 0.717) is 35.9 Å². The van der Waals surface area contributed by atoms with E-state index in [9.17, 15) is 9.59 Å². The SMILES string of the molecule is COc1cc([C@@H]2CN(C(=O)c3ccc(C)cc3)C[C@H]2C(=O)NC(C)C)cc(OC)c1OC. The smallest absolute Gasteiger partial charge is 0.253 e. The number of amides is 2. The van der Waals surface area contributed by atoms with Gasteiger partial charge in [0.1, 0.15) is 0 Å². The molecule has 1 fully saturated rings. The fourth-order valence-corrected chi connectivity index (χ4v) is 4.16. The van der Waals surface area contributed by atoms with Crippen molar-refractivity contribution >= 4 is 11.8 Å². The van der Waals surface area contributed by atoms with Crippen LogP contribution in [0, 0.1) is 12.8 Å². The Hall–Kier alpha value is -3.22. The minimum absolute atomic E-state index is 0.00457. The van der Waals surface area contributed by atoms with Crippen LogP contribution in [0.2, 0.25) is 0 Å². The van der Waals surface area contributed by atoms with Gasteiger partial charge in [0.15, 0.2) is 11.5 Å². The second-order valence-electron chi connectivity index (χ2n) is 8.41. The maximum atomic E-state index is 13.2. The molecule has 0 aliphatic carbocycles. The van der Waals surface area contributed by atoms with Crippen molar-refractivity contribution in [3.8, 4) is 17.2 Å². The van der Waals surface area contributed by atoms with Gasteiger partial charge in [-0.25, -0.2) is 0 Å². The third-order valence-corrected chi connectivity index (χ3v) is 5.79. The van der Waals surface area contributed by atoms with E-state index in [1.165, 1.54) is 0 Å². The summed E-state index contributed by atoms with van der Waals surface area (Å²) in [6.07, 6.45) is 0. The lowest BCUT2D eigenvalue weighted by Gasteiger charge is -2.21. The van der Waals surface area contributed by atoms with Gasteiger partial charge >= 0.3 is 0 Å². The Labute approximate surface area is 189 Å². The molecule has 0 bridgehead atoms. The summed E-state index contributed by atoms with van der Waals surface area (Å²) in [7, 11) is 4.67. The highest BCUT2D eigenvalue weighted by molar-refractivity contribution is 5.95. The number of benzene rings is 2. The molecule has 0 radical (unpaired) electrons. The summed E-state index contributed by atoms with van der Waals surface area (Å²) in [6, 6.07) is 11.2. The van der Waals surface area contributed by atoms with Crippen molar-refractivity contribution < 1.29 is 23.8 Å². The first-order chi connectivity index (χ1) is 15.3. The Morgan fingerprint density at radius 2 is 1.56 bits per heavy atom. The summed E-state index contributed by atoms with van der Waals surface area (Å²) in [6.45, 7) is 6.60. The van der Waals surface area contributed by atoms with Crippen molar-refractivity contribution in [1.29, 1.82) is 0 Å². The van der Waals surface area contributed by atoms with Gasteiger partial charge in [-0.3, -0.25) is 9.59 Å². The van der Waals surface area contributed by atoms with Gasteiger partial charge in [0.05, 0.1) is 27.2 Å². The van der Waals surface area contributed by atoms with Crippen molar-refractivity contribution in [3.63, 3.8) is 0 Å². The molecule has 0 saturated carbocycles. The van der Waals surface area contributed by atoms with Crippen LogP contribution in [-0.4, -0.2) is 57.2 Å². The number of rotatable bonds is 7. The molecule has 7 nitrogen and oxygen atoms in total. The number of likely N-dealkylation sites (tertiary alicyclic amines) is 1. The normalized spacial score (nSPS) is 17.9. The van der Waals surface area contributed by atoms with E-state index in [1.807, 2.05) is 57.2 Å². The average molecular weight is 441 g/mol. The molecule has 2 aromatic rings. The fourth-order valence-electron chi connectivity index (χ4n) is 4.16. The molecule has 3 rings (SSSR count). The molecular weight excluding hydrogens is 408 g/mol. The van der Waals surface area contributed by atoms with Crippen LogP contribution in [0.15, 0.2) is 36.4 Å². The van der Waals surface area contributed by atoms with E-state index in [4.69, 9.17) is 14.2 Å². The van der Waals surface area contributed by atoms with Gasteiger partial charge < -0.3 is 24.4 Å². The van der Waals surface area contributed by atoms with E-state index in [2.05, 4.69) is 5.32 Å². The predicted octanol–water partition coefficient (Wildman–Crippen LogP) is 3.40. The summed E-state index contributed by atoms with van der Waals surface area (Å²) < 4.78 is 16.5. The topological polar surface area (TPSA) is 77.1 Å². The Bertz CT molecular complexity index is 946. The Morgan fingerprint density at radius 3 is 2.06 bits per heavy atom. The van der Waals surface area contributed by atoms with Crippen molar-refractivity contribution in [3.05, 3.63) is 53.1 Å². The van der Waals surface area contributed by atoms with Gasteiger partial charge in [0.2, 0.25) is 11.7 Å². The zero-order chi connectivity index (χ0) is 23.4. The third kappa shape index (κ3) is 4.82.